The maximum Gasteiger partial charge on any atom is 0.131 e. The molecule has 0 aliphatic rings. The van der Waals surface area contributed by atoms with Crippen molar-refractivity contribution < 1.29 is 13.5 Å². The Morgan fingerprint density at radius 2 is 1.81 bits per heavy atom. The monoisotopic (exact) mass is 291 g/mol. The van der Waals surface area contributed by atoms with Gasteiger partial charge in [0.05, 0.1) is 12.6 Å². The second-order valence-electron chi connectivity index (χ2n) is 4.99. The number of halogens is 2. The van der Waals surface area contributed by atoms with Crippen molar-refractivity contribution in [2.45, 2.75) is 26.3 Å². The van der Waals surface area contributed by atoms with E-state index in [1.807, 2.05) is 19.1 Å². The minimum atomic E-state index is -0.697. The highest BCUT2D eigenvalue weighted by atomic mass is 19.1. The lowest BCUT2D eigenvalue weighted by atomic mass is 9.96. The molecule has 0 bridgehead atoms. The maximum atomic E-state index is 14.0. The summed E-state index contributed by atoms with van der Waals surface area (Å²) < 4.78 is 33.0. The van der Waals surface area contributed by atoms with Crippen LogP contribution in [0, 0.1) is 18.6 Å². The number of hydrogen-bond donors (Lipinski definition) is 1. The first-order chi connectivity index (χ1) is 10.0. The molecule has 1 unspecified atom stereocenters. The van der Waals surface area contributed by atoms with Gasteiger partial charge in [-0.3, -0.25) is 0 Å². The van der Waals surface area contributed by atoms with E-state index >= 15 is 0 Å². The molecule has 0 amide bonds. The van der Waals surface area contributed by atoms with Crippen LogP contribution in [0.3, 0.4) is 0 Å². The van der Waals surface area contributed by atoms with Gasteiger partial charge in [0.2, 0.25) is 0 Å². The van der Waals surface area contributed by atoms with E-state index in [9.17, 15) is 8.78 Å². The van der Waals surface area contributed by atoms with Gasteiger partial charge in [0.25, 0.3) is 0 Å². The highest BCUT2D eigenvalue weighted by molar-refractivity contribution is 5.42. The molecule has 2 nitrogen and oxygen atoms in total. The fourth-order valence-corrected chi connectivity index (χ4v) is 2.17. The largest absolute Gasteiger partial charge is 0.493 e. The fraction of sp³-hybridized carbons (Fsp3) is 0.294. The molecule has 112 valence electrons. The lowest BCUT2D eigenvalue weighted by molar-refractivity contribution is 0.313. The highest BCUT2D eigenvalue weighted by Crippen LogP contribution is 2.30. The Morgan fingerprint density at radius 3 is 2.52 bits per heavy atom. The van der Waals surface area contributed by atoms with Crippen LogP contribution in [0.2, 0.25) is 0 Å². The molecule has 0 aromatic heterocycles. The third-order valence-electron chi connectivity index (χ3n) is 3.33. The van der Waals surface area contributed by atoms with E-state index in [1.54, 1.807) is 19.1 Å². The van der Waals surface area contributed by atoms with Gasteiger partial charge in [-0.05, 0) is 31.0 Å². The molecule has 0 aliphatic heterocycles. The third-order valence-corrected chi connectivity index (χ3v) is 3.33. The lowest BCUT2D eigenvalue weighted by Crippen LogP contribution is -2.16. The zero-order valence-corrected chi connectivity index (χ0v) is 12.2. The van der Waals surface area contributed by atoms with E-state index < -0.39 is 17.7 Å². The van der Waals surface area contributed by atoms with Gasteiger partial charge in [0.1, 0.15) is 17.4 Å². The van der Waals surface area contributed by atoms with Crippen LogP contribution in [0.4, 0.5) is 8.78 Å². The third kappa shape index (κ3) is 3.39. The smallest absolute Gasteiger partial charge is 0.131 e. The second kappa shape index (κ2) is 6.68. The highest BCUT2D eigenvalue weighted by Gasteiger charge is 2.19. The van der Waals surface area contributed by atoms with Crippen LogP contribution >= 0.6 is 0 Å². The number of ether oxygens (including phenoxy) is 1. The molecular weight excluding hydrogens is 272 g/mol. The van der Waals surface area contributed by atoms with Crippen molar-refractivity contribution in [1.29, 1.82) is 0 Å². The van der Waals surface area contributed by atoms with Gasteiger partial charge in [-0.25, -0.2) is 8.78 Å². The van der Waals surface area contributed by atoms with Crippen molar-refractivity contribution >= 4 is 0 Å². The van der Waals surface area contributed by atoms with Crippen molar-refractivity contribution in [3.05, 3.63) is 64.7 Å². The molecule has 0 aliphatic carbocycles. The van der Waals surface area contributed by atoms with Gasteiger partial charge in [-0.1, -0.05) is 25.1 Å². The quantitative estimate of drug-likeness (QED) is 0.899. The second-order valence-corrected chi connectivity index (χ2v) is 4.99. The van der Waals surface area contributed by atoms with Crippen molar-refractivity contribution in [1.82, 2.24) is 0 Å². The molecule has 2 aromatic rings. The molecule has 0 saturated heterocycles. The summed E-state index contributed by atoms with van der Waals surface area (Å²) in [6.07, 6.45) is 0.869. The van der Waals surface area contributed by atoms with Crippen molar-refractivity contribution in [3.8, 4) is 5.75 Å². The summed E-state index contributed by atoms with van der Waals surface area (Å²) in [5.41, 5.74) is 7.49. The van der Waals surface area contributed by atoms with Gasteiger partial charge < -0.3 is 10.5 Å². The van der Waals surface area contributed by atoms with E-state index in [-0.39, 0.29) is 5.56 Å². The summed E-state index contributed by atoms with van der Waals surface area (Å²) in [6, 6.07) is 8.90. The number of aryl methyl sites for hydroxylation is 1. The molecule has 0 radical (unpaired) electrons. The lowest BCUT2D eigenvalue weighted by Gasteiger charge is -2.18. The summed E-state index contributed by atoms with van der Waals surface area (Å²) in [4.78, 5) is 0. The molecule has 4 heteroatoms. The van der Waals surface area contributed by atoms with Crippen LogP contribution in [-0.4, -0.2) is 6.61 Å². The molecule has 2 rings (SSSR count). The standard InChI is InChI=1S/C17H19F2NO/c1-3-8-21-16-7-5-4-6-12(16)17(20)13-9-11(2)14(18)10-15(13)19/h4-7,9-10,17H,3,8,20H2,1-2H3. The SMILES string of the molecule is CCCOc1ccccc1C(N)c1cc(C)c(F)cc1F. The van der Waals surface area contributed by atoms with Gasteiger partial charge in [-0.2, -0.15) is 0 Å². The summed E-state index contributed by atoms with van der Waals surface area (Å²) in [7, 11) is 0. The predicted octanol–water partition coefficient (Wildman–Crippen LogP) is 4.11. The molecule has 0 heterocycles. The first-order valence-corrected chi connectivity index (χ1v) is 6.97. The number of para-hydroxylation sites is 1. The molecule has 2 N–H and O–H groups in total. The topological polar surface area (TPSA) is 35.2 Å². The van der Waals surface area contributed by atoms with Crippen LogP contribution in [0.5, 0.6) is 5.75 Å². The zero-order valence-electron chi connectivity index (χ0n) is 12.2. The normalized spacial score (nSPS) is 12.2. The van der Waals surface area contributed by atoms with E-state index in [2.05, 4.69) is 0 Å². The Morgan fingerprint density at radius 1 is 1.10 bits per heavy atom. The molecule has 2 aromatic carbocycles. The van der Waals surface area contributed by atoms with Crippen LogP contribution < -0.4 is 10.5 Å². The summed E-state index contributed by atoms with van der Waals surface area (Å²) in [6.45, 7) is 4.16. The van der Waals surface area contributed by atoms with E-state index in [0.29, 0.717) is 23.5 Å². The summed E-state index contributed by atoms with van der Waals surface area (Å²) in [5.74, 6) is -0.580. The molecule has 21 heavy (non-hydrogen) atoms. The molecule has 1 atom stereocenters. The molecule has 0 fully saturated rings. The van der Waals surface area contributed by atoms with E-state index in [1.165, 1.54) is 6.07 Å². The van der Waals surface area contributed by atoms with E-state index in [4.69, 9.17) is 10.5 Å². The number of hydrogen-bond acceptors (Lipinski definition) is 2. The molecular formula is C17H19F2NO. The molecule has 0 spiro atoms. The van der Waals surface area contributed by atoms with E-state index in [0.717, 1.165) is 12.5 Å². The first-order valence-electron chi connectivity index (χ1n) is 6.97. The van der Waals surface area contributed by atoms with Gasteiger partial charge >= 0.3 is 0 Å². The van der Waals surface area contributed by atoms with Crippen LogP contribution in [0.15, 0.2) is 36.4 Å². The Kier molecular flexibility index (Phi) is 4.91. The molecule has 0 saturated carbocycles. The summed E-state index contributed by atoms with van der Waals surface area (Å²) >= 11 is 0. The Balaban J connectivity index is 2.40. The predicted molar refractivity (Wildman–Crippen MR) is 79.4 cm³/mol. The van der Waals surface area contributed by atoms with Gasteiger partial charge in [0.15, 0.2) is 0 Å². The minimum Gasteiger partial charge on any atom is -0.493 e. The Bertz CT molecular complexity index is 628. The average Bonchev–Trinajstić information content (AvgIpc) is 2.48. The Hall–Kier alpha value is -1.94. The van der Waals surface area contributed by atoms with Crippen molar-refractivity contribution in [2.24, 2.45) is 5.73 Å². The Labute approximate surface area is 123 Å². The van der Waals surface area contributed by atoms with Crippen LogP contribution in [0.1, 0.15) is 36.1 Å². The minimum absolute atomic E-state index is 0.265. The first kappa shape index (κ1) is 15.4. The summed E-state index contributed by atoms with van der Waals surface area (Å²) in [5, 5.41) is 0. The van der Waals surface area contributed by atoms with Crippen molar-refractivity contribution in [3.63, 3.8) is 0 Å². The maximum absolute atomic E-state index is 14.0. The number of rotatable bonds is 5. The van der Waals surface area contributed by atoms with Gasteiger partial charge in [0, 0.05) is 17.2 Å². The van der Waals surface area contributed by atoms with Crippen LogP contribution in [-0.2, 0) is 0 Å². The van der Waals surface area contributed by atoms with Crippen molar-refractivity contribution in [2.75, 3.05) is 6.61 Å². The van der Waals surface area contributed by atoms with Crippen LogP contribution in [0.25, 0.3) is 0 Å². The van der Waals surface area contributed by atoms with Gasteiger partial charge in [-0.15, -0.1) is 0 Å². The zero-order chi connectivity index (χ0) is 15.4. The number of benzene rings is 2. The average molecular weight is 291 g/mol. The number of nitrogens with two attached hydrogens (primary N) is 1. The fourth-order valence-electron chi connectivity index (χ4n) is 2.17.